The fraction of sp³-hybridized carbons (Fsp3) is 0.786. The quantitative estimate of drug-likeness (QED) is 0.545. The van der Waals surface area contributed by atoms with E-state index in [0.717, 1.165) is 29.0 Å². The summed E-state index contributed by atoms with van der Waals surface area (Å²) in [6.45, 7) is 9.46. The summed E-state index contributed by atoms with van der Waals surface area (Å²) in [6.07, 6.45) is 5.24. The monoisotopic (exact) mass is 270 g/mol. The molecule has 1 N–H and O–H groups in total. The minimum absolute atomic E-state index is 0.616. The highest BCUT2D eigenvalue weighted by atomic mass is 32.2. The highest BCUT2D eigenvalue weighted by Crippen LogP contribution is 2.19. The molecule has 0 saturated carbocycles. The summed E-state index contributed by atoms with van der Waals surface area (Å²) in [5.74, 6) is 1.94. The molecule has 3 nitrogen and oxygen atoms in total. The zero-order valence-corrected chi connectivity index (χ0v) is 12.9. The Hall–Kier alpha value is -0.480. The van der Waals surface area contributed by atoms with E-state index in [4.69, 9.17) is 4.42 Å². The van der Waals surface area contributed by atoms with Gasteiger partial charge in [0.25, 0.3) is 5.22 Å². The molecule has 104 valence electrons. The van der Waals surface area contributed by atoms with Crippen molar-refractivity contribution in [3.63, 3.8) is 0 Å². The van der Waals surface area contributed by atoms with Crippen molar-refractivity contribution >= 4 is 11.8 Å². The number of unbranched alkanes of at least 4 members (excludes halogenated alkanes) is 2. The van der Waals surface area contributed by atoms with Crippen LogP contribution in [0.4, 0.5) is 0 Å². The van der Waals surface area contributed by atoms with Crippen molar-refractivity contribution in [1.29, 1.82) is 0 Å². The summed E-state index contributed by atoms with van der Waals surface area (Å²) in [7, 11) is 0. The van der Waals surface area contributed by atoms with Crippen LogP contribution in [0.15, 0.2) is 9.64 Å². The van der Waals surface area contributed by atoms with Crippen LogP contribution < -0.4 is 5.32 Å². The molecule has 0 aromatic carbocycles. The number of nitrogens with one attached hydrogen (secondary N) is 1. The first-order valence-corrected chi connectivity index (χ1v) is 7.92. The van der Waals surface area contributed by atoms with Crippen molar-refractivity contribution in [2.75, 3.05) is 12.3 Å². The van der Waals surface area contributed by atoms with Gasteiger partial charge < -0.3 is 9.73 Å². The molecule has 0 fully saturated rings. The number of rotatable bonds is 9. The van der Waals surface area contributed by atoms with Crippen LogP contribution in [0.25, 0.3) is 0 Å². The predicted molar refractivity (Wildman–Crippen MR) is 78.3 cm³/mol. The molecule has 4 heteroatoms. The van der Waals surface area contributed by atoms with Gasteiger partial charge in [0.1, 0.15) is 5.76 Å². The number of nitrogens with zero attached hydrogens (tertiary/aromatic N) is 1. The van der Waals surface area contributed by atoms with Gasteiger partial charge in [-0.3, -0.25) is 0 Å². The molecule has 0 amide bonds. The SMILES string of the molecule is CCCCCC(C)NCCSc1nc(C)c(C)o1. The third-order valence-electron chi connectivity index (χ3n) is 3.07. The fourth-order valence-corrected chi connectivity index (χ4v) is 2.53. The molecule has 1 heterocycles. The van der Waals surface area contributed by atoms with E-state index >= 15 is 0 Å². The van der Waals surface area contributed by atoms with Gasteiger partial charge in [-0.25, -0.2) is 4.98 Å². The van der Waals surface area contributed by atoms with Gasteiger partial charge in [-0.05, 0) is 27.2 Å². The summed E-state index contributed by atoms with van der Waals surface area (Å²) >= 11 is 1.69. The molecule has 1 atom stereocenters. The van der Waals surface area contributed by atoms with Gasteiger partial charge in [-0.15, -0.1) is 0 Å². The Kier molecular flexibility index (Phi) is 7.44. The Balaban J connectivity index is 2.07. The molecule has 1 rings (SSSR count). The summed E-state index contributed by atoms with van der Waals surface area (Å²) < 4.78 is 5.52. The van der Waals surface area contributed by atoms with Crippen LogP contribution >= 0.6 is 11.8 Å². The fourth-order valence-electron chi connectivity index (χ4n) is 1.75. The molecule has 1 aromatic heterocycles. The minimum Gasteiger partial charge on any atom is -0.437 e. The van der Waals surface area contributed by atoms with Gasteiger partial charge in [0.05, 0.1) is 5.69 Å². The zero-order chi connectivity index (χ0) is 13.4. The number of thioether (sulfide) groups is 1. The Morgan fingerprint density at radius 3 is 2.72 bits per heavy atom. The van der Waals surface area contributed by atoms with Crippen LogP contribution in [0.2, 0.25) is 0 Å². The van der Waals surface area contributed by atoms with E-state index in [1.54, 1.807) is 11.8 Å². The Labute approximate surface area is 115 Å². The van der Waals surface area contributed by atoms with Gasteiger partial charge in [-0.2, -0.15) is 0 Å². The first-order valence-electron chi connectivity index (χ1n) is 6.93. The van der Waals surface area contributed by atoms with E-state index in [1.165, 1.54) is 25.7 Å². The van der Waals surface area contributed by atoms with E-state index < -0.39 is 0 Å². The standard InChI is InChI=1S/C14H26N2OS/c1-5-6-7-8-11(2)15-9-10-18-14-16-12(3)13(4)17-14/h11,15H,5-10H2,1-4H3. The number of hydrogen-bond donors (Lipinski definition) is 1. The summed E-state index contributed by atoms with van der Waals surface area (Å²) in [5, 5.41) is 4.34. The Morgan fingerprint density at radius 2 is 2.11 bits per heavy atom. The Bertz CT molecular complexity index is 319. The van der Waals surface area contributed by atoms with Crippen LogP contribution in [0.5, 0.6) is 0 Å². The Morgan fingerprint density at radius 1 is 1.33 bits per heavy atom. The van der Waals surface area contributed by atoms with Gasteiger partial charge in [0.2, 0.25) is 0 Å². The first kappa shape index (κ1) is 15.6. The molecular weight excluding hydrogens is 244 g/mol. The van der Waals surface area contributed by atoms with Gasteiger partial charge in [-0.1, -0.05) is 37.9 Å². The van der Waals surface area contributed by atoms with Crippen LogP contribution in [-0.2, 0) is 0 Å². The molecule has 18 heavy (non-hydrogen) atoms. The molecular formula is C14H26N2OS. The number of hydrogen-bond acceptors (Lipinski definition) is 4. The second-order valence-corrected chi connectivity index (χ2v) is 5.87. The maximum Gasteiger partial charge on any atom is 0.256 e. The summed E-state index contributed by atoms with van der Waals surface area (Å²) in [6, 6.07) is 0.616. The summed E-state index contributed by atoms with van der Waals surface area (Å²) in [5.41, 5.74) is 0.999. The number of oxazole rings is 1. The van der Waals surface area contributed by atoms with Crippen molar-refractivity contribution in [3.8, 4) is 0 Å². The lowest BCUT2D eigenvalue weighted by atomic mass is 10.1. The lowest BCUT2D eigenvalue weighted by Crippen LogP contribution is -2.28. The van der Waals surface area contributed by atoms with Gasteiger partial charge in [0, 0.05) is 18.3 Å². The lowest BCUT2D eigenvalue weighted by molar-refractivity contribution is 0.430. The molecule has 0 bridgehead atoms. The van der Waals surface area contributed by atoms with Crippen molar-refractivity contribution < 1.29 is 4.42 Å². The minimum atomic E-state index is 0.616. The normalized spacial score (nSPS) is 12.9. The molecule has 0 saturated heterocycles. The van der Waals surface area contributed by atoms with E-state index in [9.17, 15) is 0 Å². The molecule has 1 unspecified atom stereocenters. The second-order valence-electron chi connectivity index (χ2n) is 4.82. The van der Waals surface area contributed by atoms with Crippen molar-refractivity contribution in [1.82, 2.24) is 10.3 Å². The molecule has 0 aliphatic carbocycles. The van der Waals surface area contributed by atoms with Crippen molar-refractivity contribution in [2.45, 2.75) is 64.6 Å². The average Bonchev–Trinajstić information content (AvgIpc) is 2.65. The highest BCUT2D eigenvalue weighted by Gasteiger charge is 2.06. The van der Waals surface area contributed by atoms with Crippen LogP contribution in [0, 0.1) is 13.8 Å². The molecule has 0 aliphatic heterocycles. The highest BCUT2D eigenvalue weighted by molar-refractivity contribution is 7.99. The molecule has 1 aromatic rings. The maximum atomic E-state index is 5.52. The maximum absolute atomic E-state index is 5.52. The molecule has 0 radical (unpaired) electrons. The number of aromatic nitrogens is 1. The van der Waals surface area contributed by atoms with E-state index in [-0.39, 0.29) is 0 Å². The molecule has 0 spiro atoms. The largest absolute Gasteiger partial charge is 0.437 e. The van der Waals surface area contributed by atoms with Crippen LogP contribution in [0.3, 0.4) is 0 Å². The van der Waals surface area contributed by atoms with Crippen LogP contribution in [0.1, 0.15) is 51.0 Å². The zero-order valence-electron chi connectivity index (χ0n) is 12.1. The first-order chi connectivity index (χ1) is 8.63. The van der Waals surface area contributed by atoms with Crippen molar-refractivity contribution in [2.24, 2.45) is 0 Å². The van der Waals surface area contributed by atoms with Crippen LogP contribution in [-0.4, -0.2) is 23.3 Å². The van der Waals surface area contributed by atoms with E-state index in [0.29, 0.717) is 6.04 Å². The predicted octanol–water partition coefficient (Wildman–Crippen LogP) is 3.94. The van der Waals surface area contributed by atoms with E-state index in [1.807, 2.05) is 13.8 Å². The smallest absolute Gasteiger partial charge is 0.256 e. The van der Waals surface area contributed by atoms with Crippen molar-refractivity contribution in [3.05, 3.63) is 11.5 Å². The lowest BCUT2D eigenvalue weighted by Gasteiger charge is -2.12. The summed E-state index contributed by atoms with van der Waals surface area (Å²) in [4.78, 5) is 4.36. The second kappa shape index (κ2) is 8.59. The average molecular weight is 270 g/mol. The topological polar surface area (TPSA) is 38.1 Å². The number of aryl methyl sites for hydroxylation is 2. The third kappa shape index (κ3) is 5.91. The third-order valence-corrected chi connectivity index (χ3v) is 3.90. The van der Waals surface area contributed by atoms with E-state index in [2.05, 4.69) is 24.1 Å². The molecule has 0 aliphatic rings. The van der Waals surface area contributed by atoms with Gasteiger partial charge >= 0.3 is 0 Å². The van der Waals surface area contributed by atoms with Gasteiger partial charge in [0.15, 0.2) is 0 Å².